The minimum Gasteiger partial charge on any atom is -0.446 e. The van der Waals surface area contributed by atoms with E-state index in [-0.39, 0.29) is 81.5 Å². The number of hydrogen-bond donors (Lipinski definition) is 3. The Hall–Kier alpha value is -4.06. The molecule has 0 aromatic carbocycles. The van der Waals surface area contributed by atoms with E-state index >= 15 is 0 Å². The van der Waals surface area contributed by atoms with Gasteiger partial charge in [-0.05, 0) is 98.2 Å². The number of allylic oxidation sites excluding steroid dienone is 1. The van der Waals surface area contributed by atoms with E-state index in [1.165, 1.54) is 69.1 Å². The molecular formula is C63H107N5O16. The molecule has 1 aliphatic heterocycles. The summed E-state index contributed by atoms with van der Waals surface area (Å²) >= 11 is 0. The smallest absolute Gasteiger partial charge is 0.407 e. The molecule has 0 spiro atoms. The minimum absolute atomic E-state index is 0.0169. The molecule has 0 aromatic rings. The van der Waals surface area contributed by atoms with E-state index < -0.39 is 17.9 Å². The number of fused-ring (bicyclic) bond motifs is 5. The van der Waals surface area contributed by atoms with Gasteiger partial charge in [-0.3, -0.25) is 28.9 Å². The van der Waals surface area contributed by atoms with E-state index in [0.29, 0.717) is 131 Å². The molecule has 480 valence electrons. The van der Waals surface area contributed by atoms with Crippen molar-refractivity contribution in [2.45, 2.75) is 138 Å². The lowest BCUT2D eigenvalue weighted by molar-refractivity contribution is -0.138. The lowest BCUT2D eigenvalue weighted by atomic mass is 9.47. The average molecular weight is 1190 g/mol. The Morgan fingerprint density at radius 3 is 1.69 bits per heavy atom. The summed E-state index contributed by atoms with van der Waals surface area (Å²) in [4.78, 5) is 76.2. The molecule has 6 amide bonds. The number of imide groups is 1. The fourth-order valence-electron chi connectivity index (χ4n) is 13.5. The van der Waals surface area contributed by atoms with E-state index in [9.17, 15) is 28.8 Å². The summed E-state index contributed by atoms with van der Waals surface area (Å²) in [5.74, 6) is 3.51. The van der Waals surface area contributed by atoms with Crippen LogP contribution in [0.3, 0.4) is 0 Å². The van der Waals surface area contributed by atoms with Crippen molar-refractivity contribution in [2.75, 3.05) is 158 Å². The monoisotopic (exact) mass is 1190 g/mol. The van der Waals surface area contributed by atoms with E-state index in [1.807, 2.05) is 6.92 Å². The number of nitrogens with one attached hydrogen (secondary N) is 3. The van der Waals surface area contributed by atoms with Crippen LogP contribution in [0.1, 0.15) is 131 Å². The number of carbonyl (C=O) groups excluding carboxylic acids is 6. The van der Waals surface area contributed by atoms with Gasteiger partial charge < -0.3 is 68.2 Å². The van der Waals surface area contributed by atoms with Crippen LogP contribution in [0.5, 0.6) is 0 Å². The summed E-state index contributed by atoms with van der Waals surface area (Å²) in [5.41, 5.74) is 2.21. The molecule has 4 aliphatic carbocycles. The van der Waals surface area contributed by atoms with Crippen LogP contribution in [0.25, 0.3) is 0 Å². The van der Waals surface area contributed by atoms with Gasteiger partial charge in [0, 0.05) is 77.1 Å². The Morgan fingerprint density at radius 1 is 0.607 bits per heavy atom. The fraction of sp³-hybridized carbons (Fsp3) is 0.841. The topological polar surface area (TPSA) is 237 Å². The van der Waals surface area contributed by atoms with Crippen LogP contribution in [0.15, 0.2) is 23.8 Å². The first-order valence-corrected chi connectivity index (χ1v) is 31.8. The maximum Gasteiger partial charge on any atom is 0.407 e. The predicted molar refractivity (Wildman–Crippen MR) is 317 cm³/mol. The second-order valence-corrected chi connectivity index (χ2v) is 24.1. The van der Waals surface area contributed by atoms with E-state index in [2.05, 4.69) is 56.6 Å². The van der Waals surface area contributed by atoms with Crippen molar-refractivity contribution < 1.29 is 76.1 Å². The molecule has 8 atom stereocenters. The van der Waals surface area contributed by atoms with Gasteiger partial charge in [0.25, 0.3) is 11.8 Å². The molecule has 84 heavy (non-hydrogen) atoms. The first kappa shape index (κ1) is 70.7. The molecule has 0 radical (unpaired) electrons. The van der Waals surface area contributed by atoms with Crippen molar-refractivity contribution in [2.24, 2.45) is 46.3 Å². The van der Waals surface area contributed by atoms with Crippen LogP contribution in [0.2, 0.25) is 0 Å². The molecule has 0 bridgehead atoms. The normalized spacial score (nSPS) is 23.9. The van der Waals surface area contributed by atoms with Gasteiger partial charge in [0.1, 0.15) is 6.10 Å². The second kappa shape index (κ2) is 39.7. The highest BCUT2D eigenvalue weighted by molar-refractivity contribution is 6.13. The Balaban J connectivity index is 0.799. The standard InChI is InChI=1S/C63H107N5O16/c1-7-64-56(69)20-29-75-35-39-80-43-45-82-41-37-78-33-27-67(58(71)19-26-68-59(72)15-16-60(68)73)28-34-79-38-42-83-46-44-81-40-36-76-30-21-57(70)65-24-31-77-32-25-66-61(74)84-51-17-22-62(5)50(47-51)11-12-52-54-14-13-53(49(4)10-8-9-48(2)3)63(54,6)23-18-55(52)62/h11,15-16,48-49,51-55H,7-10,12-14,17-47H2,1-6H3,(H,64,69)(H,65,70)(H,66,74)/t49-,51+,52+,53-,54+,55+,62+,63-/m0/s1. The second-order valence-electron chi connectivity index (χ2n) is 24.1. The first-order valence-electron chi connectivity index (χ1n) is 31.8. The van der Waals surface area contributed by atoms with E-state index in [4.69, 9.17) is 47.4 Å². The van der Waals surface area contributed by atoms with Crippen LogP contribution in [-0.2, 0) is 71.3 Å². The van der Waals surface area contributed by atoms with Crippen molar-refractivity contribution in [1.29, 1.82) is 0 Å². The van der Waals surface area contributed by atoms with Gasteiger partial charge in [-0.1, -0.05) is 65.5 Å². The molecule has 3 fully saturated rings. The minimum atomic E-state index is -0.439. The summed E-state index contributed by atoms with van der Waals surface area (Å²) in [6.45, 7) is 22.1. The quantitative estimate of drug-likeness (QED) is 0.0337. The summed E-state index contributed by atoms with van der Waals surface area (Å²) in [7, 11) is 0. The summed E-state index contributed by atoms with van der Waals surface area (Å²) in [5, 5.41) is 8.39. The van der Waals surface area contributed by atoms with Gasteiger partial charge in [-0.15, -0.1) is 0 Å². The zero-order chi connectivity index (χ0) is 60.4. The highest BCUT2D eigenvalue weighted by atomic mass is 16.6. The summed E-state index contributed by atoms with van der Waals surface area (Å²) in [6, 6.07) is 0. The summed E-state index contributed by atoms with van der Waals surface area (Å²) in [6.07, 6.45) is 18.5. The molecule has 0 aromatic heterocycles. The number of nitrogens with zero attached hydrogens (tertiary/aromatic N) is 2. The molecule has 0 unspecified atom stereocenters. The van der Waals surface area contributed by atoms with Gasteiger partial charge in [-0.25, -0.2) is 4.79 Å². The summed E-state index contributed by atoms with van der Waals surface area (Å²) < 4.78 is 56.1. The third-order valence-corrected chi connectivity index (χ3v) is 18.0. The van der Waals surface area contributed by atoms with Crippen LogP contribution in [-0.4, -0.2) is 210 Å². The van der Waals surface area contributed by atoms with Crippen LogP contribution >= 0.6 is 0 Å². The van der Waals surface area contributed by atoms with Crippen LogP contribution in [0, 0.1) is 46.3 Å². The van der Waals surface area contributed by atoms with Crippen molar-refractivity contribution in [3.63, 3.8) is 0 Å². The third kappa shape index (κ3) is 24.6. The number of hydrogen-bond acceptors (Lipinski definition) is 16. The van der Waals surface area contributed by atoms with Gasteiger partial charge in [0.05, 0.1) is 119 Å². The molecule has 5 aliphatic rings. The molecule has 21 nitrogen and oxygen atoms in total. The lowest BCUT2D eigenvalue weighted by Gasteiger charge is -2.58. The number of ether oxygens (including phenoxy) is 10. The van der Waals surface area contributed by atoms with Gasteiger partial charge in [0.2, 0.25) is 17.7 Å². The van der Waals surface area contributed by atoms with Gasteiger partial charge in [0.15, 0.2) is 0 Å². The average Bonchev–Trinajstić information content (AvgIpc) is 2.38. The lowest BCUT2D eigenvalue weighted by Crippen LogP contribution is -2.51. The number of alkyl carbamates (subject to hydrolysis) is 1. The molecule has 3 saturated carbocycles. The molecule has 21 heteroatoms. The van der Waals surface area contributed by atoms with Crippen molar-refractivity contribution in [3.8, 4) is 0 Å². The maximum atomic E-state index is 13.1. The van der Waals surface area contributed by atoms with Crippen LogP contribution < -0.4 is 16.0 Å². The fourth-order valence-corrected chi connectivity index (χ4v) is 13.5. The molecule has 5 rings (SSSR count). The molecule has 3 N–H and O–H groups in total. The van der Waals surface area contributed by atoms with E-state index in [0.717, 1.165) is 59.7 Å². The van der Waals surface area contributed by atoms with Crippen molar-refractivity contribution >= 4 is 35.6 Å². The zero-order valence-corrected chi connectivity index (χ0v) is 52.1. The Bertz CT molecular complexity index is 2010. The van der Waals surface area contributed by atoms with Crippen molar-refractivity contribution in [3.05, 3.63) is 23.8 Å². The van der Waals surface area contributed by atoms with Crippen LogP contribution in [0.4, 0.5) is 4.79 Å². The number of rotatable bonds is 46. The SMILES string of the molecule is CCNC(=O)CCOCCOCCOCCOCCN(CCOCCOCCOCCOCCC(=O)NCCOCCNC(=O)O[C@@H]1CC[C@]2(C)C(=CC[C@@H]3[C@H]4CC[C@@H]([C@@H](C)CCCC(C)C)[C@]4(C)CC[C@H]32)C1)C(=O)CCN1C(=O)C=CC1=O. The molecular weight excluding hydrogens is 1080 g/mol. The Labute approximate surface area is 501 Å². The highest BCUT2D eigenvalue weighted by Gasteiger charge is 2.59. The van der Waals surface area contributed by atoms with Gasteiger partial charge in [-0.2, -0.15) is 0 Å². The third-order valence-electron chi connectivity index (χ3n) is 18.0. The van der Waals surface area contributed by atoms with Crippen molar-refractivity contribution in [1.82, 2.24) is 25.8 Å². The molecule has 1 heterocycles. The predicted octanol–water partition coefficient (Wildman–Crippen LogP) is 6.45. The Morgan fingerprint density at radius 2 is 1.13 bits per heavy atom. The number of carbonyl (C=O) groups is 6. The van der Waals surface area contributed by atoms with E-state index in [1.54, 1.807) is 4.90 Å². The maximum absolute atomic E-state index is 13.1. The largest absolute Gasteiger partial charge is 0.446 e. The number of amides is 6. The Kier molecular flexibility index (Phi) is 33.4. The highest BCUT2D eigenvalue weighted by Crippen LogP contribution is 2.67. The molecule has 0 saturated heterocycles. The van der Waals surface area contributed by atoms with Gasteiger partial charge >= 0.3 is 6.09 Å². The first-order chi connectivity index (χ1) is 40.7. The zero-order valence-electron chi connectivity index (χ0n) is 52.1.